The molecule has 19 heavy (non-hydrogen) atoms. The van der Waals surface area contributed by atoms with Gasteiger partial charge in [-0.05, 0) is 65.8 Å². The monoisotopic (exact) mass is 244 g/mol. The maximum Gasteiger partial charge on any atom is 0.0991 e. The normalized spacial score (nSPS) is 12.5. The van der Waals surface area contributed by atoms with Crippen LogP contribution < -0.4 is 0 Å². The highest BCUT2D eigenvalue weighted by molar-refractivity contribution is 5.73. The topological polar surface area (TPSA) is 47.6 Å². The summed E-state index contributed by atoms with van der Waals surface area (Å²) < 4.78 is 0. The van der Waals surface area contributed by atoms with Gasteiger partial charge >= 0.3 is 0 Å². The van der Waals surface area contributed by atoms with Gasteiger partial charge in [-0.25, -0.2) is 0 Å². The molecule has 0 amide bonds. The summed E-state index contributed by atoms with van der Waals surface area (Å²) in [5.74, 6) is 0. The minimum Gasteiger partial charge on any atom is -0.192 e. The van der Waals surface area contributed by atoms with Gasteiger partial charge in [0.25, 0.3) is 0 Å². The zero-order valence-corrected chi connectivity index (χ0v) is 10.5. The van der Waals surface area contributed by atoms with E-state index in [1.54, 1.807) is 0 Å². The van der Waals surface area contributed by atoms with Crippen LogP contribution in [0.2, 0.25) is 0 Å². The van der Waals surface area contributed by atoms with Gasteiger partial charge in [-0.2, -0.15) is 10.5 Å². The van der Waals surface area contributed by atoms with Crippen LogP contribution in [-0.4, -0.2) is 0 Å². The molecule has 1 aliphatic rings. The van der Waals surface area contributed by atoms with Gasteiger partial charge in [-0.15, -0.1) is 0 Å². The number of nitriles is 2. The van der Waals surface area contributed by atoms with E-state index in [9.17, 15) is 0 Å². The quantitative estimate of drug-likeness (QED) is 0.711. The molecular formula is C17H12N2. The van der Waals surface area contributed by atoms with Crippen molar-refractivity contribution in [3.63, 3.8) is 0 Å². The molecule has 1 aliphatic carbocycles. The molecule has 0 aliphatic heterocycles. The Bertz CT molecular complexity index is 666. The zero-order chi connectivity index (χ0) is 13.2. The van der Waals surface area contributed by atoms with Crippen molar-refractivity contribution in [3.05, 3.63) is 58.7 Å². The second-order valence-corrected chi connectivity index (χ2v) is 4.82. The fourth-order valence-corrected chi connectivity index (χ4v) is 2.74. The highest BCUT2D eigenvalue weighted by atomic mass is 14.3. The van der Waals surface area contributed by atoms with Crippen molar-refractivity contribution in [1.29, 1.82) is 10.5 Å². The molecule has 0 atom stereocenters. The first kappa shape index (κ1) is 11.5. The molecule has 2 aromatic carbocycles. The first-order valence-corrected chi connectivity index (χ1v) is 6.38. The number of hydrogen-bond acceptors (Lipinski definition) is 2. The lowest BCUT2D eigenvalue weighted by molar-refractivity contribution is 0.834. The van der Waals surface area contributed by atoms with Crippen LogP contribution in [0.15, 0.2) is 36.4 Å². The Balaban J connectivity index is 2.21. The van der Waals surface area contributed by atoms with Crippen LogP contribution in [0.3, 0.4) is 0 Å². The van der Waals surface area contributed by atoms with E-state index in [1.807, 2.05) is 36.4 Å². The first-order valence-electron chi connectivity index (χ1n) is 6.38. The standard InChI is InChI=1S/C17H12N2/c18-10-12-4-6-16-14(8-12)2-1-3-15-9-13(11-19)5-7-17(15)16/h4-9H,1-3H2. The summed E-state index contributed by atoms with van der Waals surface area (Å²) in [5, 5.41) is 18.0. The van der Waals surface area contributed by atoms with Gasteiger partial charge < -0.3 is 0 Å². The van der Waals surface area contributed by atoms with Crippen molar-refractivity contribution >= 4 is 0 Å². The summed E-state index contributed by atoms with van der Waals surface area (Å²) in [7, 11) is 0. The van der Waals surface area contributed by atoms with Crippen LogP contribution in [0.25, 0.3) is 11.1 Å². The largest absolute Gasteiger partial charge is 0.192 e. The molecule has 0 spiro atoms. The molecule has 2 aromatic rings. The molecule has 2 heteroatoms. The predicted octanol–water partition coefficient (Wildman–Crippen LogP) is 3.59. The molecule has 0 heterocycles. The average molecular weight is 244 g/mol. The maximum atomic E-state index is 8.99. The van der Waals surface area contributed by atoms with E-state index < -0.39 is 0 Å². The van der Waals surface area contributed by atoms with Gasteiger partial charge in [0.2, 0.25) is 0 Å². The number of hydrogen-bond donors (Lipinski definition) is 0. The van der Waals surface area contributed by atoms with Gasteiger partial charge in [-0.3, -0.25) is 0 Å². The highest BCUT2D eigenvalue weighted by Crippen LogP contribution is 2.33. The van der Waals surface area contributed by atoms with Gasteiger partial charge in [0.05, 0.1) is 23.3 Å². The Hall–Kier alpha value is -2.58. The smallest absolute Gasteiger partial charge is 0.0991 e. The van der Waals surface area contributed by atoms with Crippen molar-refractivity contribution in [2.24, 2.45) is 0 Å². The second-order valence-electron chi connectivity index (χ2n) is 4.82. The molecule has 0 unspecified atom stereocenters. The van der Waals surface area contributed by atoms with Crippen LogP contribution in [0.1, 0.15) is 28.7 Å². The molecule has 0 fully saturated rings. The Morgan fingerprint density at radius 3 is 1.63 bits per heavy atom. The molecule has 0 bridgehead atoms. The van der Waals surface area contributed by atoms with E-state index in [-0.39, 0.29) is 0 Å². The van der Waals surface area contributed by atoms with Gasteiger partial charge in [-0.1, -0.05) is 12.1 Å². The van der Waals surface area contributed by atoms with Crippen LogP contribution in [0, 0.1) is 22.7 Å². The molecule has 0 saturated carbocycles. The fourth-order valence-electron chi connectivity index (χ4n) is 2.74. The van der Waals surface area contributed by atoms with Crippen molar-refractivity contribution in [3.8, 4) is 23.3 Å². The number of fused-ring (bicyclic) bond motifs is 3. The summed E-state index contributed by atoms with van der Waals surface area (Å²) in [4.78, 5) is 0. The highest BCUT2D eigenvalue weighted by Gasteiger charge is 2.15. The Morgan fingerprint density at radius 1 is 0.737 bits per heavy atom. The van der Waals surface area contributed by atoms with Crippen LogP contribution in [0.5, 0.6) is 0 Å². The third-order valence-electron chi connectivity index (χ3n) is 3.65. The van der Waals surface area contributed by atoms with Crippen molar-refractivity contribution in [2.45, 2.75) is 19.3 Å². The van der Waals surface area contributed by atoms with E-state index in [0.29, 0.717) is 0 Å². The Labute approximate surface area is 112 Å². The lowest BCUT2D eigenvalue weighted by atomic mass is 9.94. The number of rotatable bonds is 0. The minimum atomic E-state index is 0.718. The van der Waals surface area contributed by atoms with Crippen molar-refractivity contribution in [1.82, 2.24) is 0 Å². The van der Waals surface area contributed by atoms with E-state index in [1.165, 1.54) is 22.3 Å². The summed E-state index contributed by atoms with van der Waals surface area (Å²) in [5.41, 5.74) is 6.32. The lowest BCUT2D eigenvalue weighted by Crippen LogP contribution is -1.90. The molecule has 2 nitrogen and oxygen atoms in total. The zero-order valence-electron chi connectivity index (χ0n) is 10.5. The molecular weight excluding hydrogens is 232 g/mol. The summed E-state index contributed by atoms with van der Waals surface area (Å²) in [6.07, 6.45) is 3.03. The molecule has 0 N–H and O–H groups in total. The molecule has 0 aromatic heterocycles. The number of nitrogens with zero attached hydrogens (tertiary/aromatic N) is 2. The summed E-state index contributed by atoms with van der Waals surface area (Å²) >= 11 is 0. The third-order valence-corrected chi connectivity index (χ3v) is 3.65. The summed E-state index contributed by atoms with van der Waals surface area (Å²) in [6, 6.07) is 16.2. The SMILES string of the molecule is N#Cc1ccc2c(c1)CCCc1cc(C#N)ccc1-2. The molecule has 3 rings (SSSR count). The molecule has 90 valence electrons. The van der Waals surface area contributed by atoms with Gasteiger partial charge in [0, 0.05) is 0 Å². The fraction of sp³-hybridized carbons (Fsp3) is 0.176. The van der Waals surface area contributed by atoms with Gasteiger partial charge in [0.1, 0.15) is 0 Å². The third kappa shape index (κ3) is 1.98. The number of benzene rings is 2. The predicted molar refractivity (Wildman–Crippen MR) is 73.3 cm³/mol. The van der Waals surface area contributed by atoms with Crippen molar-refractivity contribution in [2.75, 3.05) is 0 Å². The Morgan fingerprint density at radius 2 is 1.21 bits per heavy atom. The number of aryl methyl sites for hydroxylation is 2. The van der Waals surface area contributed by atoms with E-state index >= 15 is 0 Å². The second kappa shape index (κ2) is 4.59. The van der Waals surface area contributed by atoms with Crippen molar-refractivity contribution < 1.29 is 0 Å². The average Bonchev–Trinajstić information content (AvgIpc) is 2.64. The summed E-state index contributed by atoms with van der Waals surface area (Å²) in [6.45, 7) is 0. The maximum absolute atomic E-state index is 8.99. The van der Waals surface area contributed by atoms with E-state index in [2.05, 4.69) is 12.1 Å². The van der Waals surface area contributed by atoms with E-state index in [0.717, 1.165) is 30.4 Å². The Kier molecular flexibility index (Phi) is 2.78. The lowest BCUT2D eigenvalue weighted by Gasteiger charge is -2.09. The first-order chi connectivity index (χ1) is 9.31. The van der Waals surface area contributed by atoms with Crippen LogP contribution >= 0.6 is 0 Å². The molecule has 0 saturated heterocycles. The van der Waals surface area contributed by atoms with Crippen LogP contribution in [-0.2, 0) is 12.8 Å². The minimum absolute atomic E-state index is 0.718. The van der Waals surface area contributed by atoms with Gasteiger partial charge in [0.15, 0.2) is 0 Å². The van der Waals surface area contributed by atoms with E-state index in [4.69, 9.17) is 10.5 Å². The molecule has 0 radical (unpaired) electrons. The van der Waals surface area contributed by atoms with Crippen LogP contribution in [0.4, 0.5) is 0 Å².